The Morgan fingerprint density at radius 2 is 1.92 bits per heavy atom. The van der Waals surface area contributed by atoms with Crippen LogP contribution in [0.2, 0.25) is 0 Å². The quantitative estimate of drug-likeness (QED) is 0.728. The Morgan fingerprint density at radius 3 is 2.31 bits per heavy atom. The van der Waals surface area contributed by atoms with E-state index in [1.807, 2.05) is 0 Å². The van der Waals surface area contributed by atoms with Gasteiger partial charge in [0.05, 0.1) is 5.75 Å². The monoisotopic (exact) mass is 269 g/mol. The summed E-state index contributed by atoms with van der Waals surface area (Å²) in [6.45, 7) is 3.10. The van der Waals surface area contributed by atoms with Crippen LogP contribution in [0.3, 0.4) is 0 Å². The minimum Gasteiger partial charge on any atom is -0.212 e. The molecular weight excluding hydrogens is 254 g/mol. The topological polar surface area (TPSA) is 37.4 Å². The van der Waals surface area contributed by atoms with E-state index >= 15 is 0 Å². The smallest absolute Gasteiger partial charge is 0.212 e. The highest BCUT2D eigenvalue weighted by atomic mass is 79.9. The van der Waals surface area contributed by atoms with Gasteiger partial charge in [0, 0.05) is 18.4 Å². The first kappa shape index (κ1) is 11.5. The van der Waals surface area contributed by atoms with Gasteiger partial charge in [0.15, 0.2) is 0 Å². The van der Waals surface area contributed by atoms with Crippen molar-refractivity contribution in [2.24, 2.45) is 5.92 Å². The van der Waals surface area contributed by atoms with E-state index in [4.69, 9.17) is 0 Å². The number of sulfonamides is 1. The van der Waals surface area contributed by atoms with Crippen LogP contribution in [-0.4, -0.2) is 36.9 Å². The number of hydrogen-bond acceptors (Lipinski definition) is 2. The van der Waals surface area contributed by atoms with Crippen molar-refractivity contribution >= 4 is 26.0 Å². The van der Waals surface area contributed by atoms with Gasteiger partial charge in [-0.1, -0.05) is 15.9 Å². The molecular formula is C8H16BrNO2S. The van der Waals surface area contributed by atoms with Crippen LogP contribution in [0.15, 0.2) is 0 Å². The van der Waals surface area contributed by atoms with Gasteiger partial charge < -0.3 is 0 Å². The maximum absolute atomic E-state index is 11.5. The second kappa shape index (κ2) is 4.75. The lowest BCUT2D eigenvalue weighted by Gasteiger charge is -2.29. The van der Waals surface area contributed by atoms with Crippen molar-refractivity contribution in [3.8, 4) is 0 Å². The minimum absolute atomic E-state index is 0.228. The first-order chi connectivity index (χ1) is 6.10. The van der Waals surface area contributed by atoms with E-state index in [0.717, 1.165) is 18.2 Å². The highest BCUT2D eigenvalue weighted by molar-refractivity contribution is 9.09. The van der Waals surface area contributed by atoms with Crippen molar-refractivity contribution in [1.82, 2.24) is 4.31 Å². The molecule has 0 bridgehead atoms. The molecule has 1 aliphatic heterocycles. The third-order valence-corrected chi connectivity index (χ3v) is 5.35. The van der Waals surface area contributed by atoms with Crippen molar-refractivity contribution in [2.45, 2.75) is 19.8 Å². The first-order valence-electron chi connectivity index (χ1n) is 4.64. The predicted octanol–water partition coefficient (Wildman–Crippen LogP) is 1.44. The van der Waals surface area contributed by atoms with Crippen LogP contribution in [-0.2, 0) is 10.0 Å². The lowest BCUT2D eigenvalue weighted by molar-refractivity contribution is 0.292. The molecule has 0 aromatic carbocycles. The molecule has 1 aliphatic rings. The van der Waals surface area contributed by atoms with E-state index in [2.05, 4.69) is 15.9 Å². The van der Waals surface area contributed by atoms with Gasteiger partial charge in [0.25, 0.3) is 0 Å². The van der Waals surface area contributed by atoms with E-state index in [1.165, 1.54) is 0 Å². The third kappa shape index (κ3) is 2.92. The second-order valence-corrected chi connectivity index (χ2v) is 6.30. The molecule has 0 aromatic heterocycles. The van der Waals surface area contributed by atoms with Crippen LogP contribution in [0, 0.1) is 5.92 Å². The third-order valence-electron chi connectivity index (χ3n) is 2.55. The van der Waals surface area contributed by atoms with Gasteiger partial charge in [-0.15, -0.1) is 0 Å². The molecule has 1 fully saturated rings. The number of alkyl halides is 1. The molecule has 13 heavy (non-hydrogen) atoms. The maximum atomic E-state index is 11.5. The SMILES string of the molecule is CCS(=O)(=O)N1CCC(CBr)CC1. The Hall–Kier alpha value is 0.390. The molecule has 1 rings (SSSR count). The van der Waals surface area contributed by atoms with Crippen molar-refractivity contribution in [1.29, 1.82) is 0 Å². The van der Waals surface area contributed by atoms with E-state index in [-0.39, 0.29) is 5.75 Å². The summed E-state index contributed by atoms with van der Waals surface area (Å²) >= 11 is 3.43. The molecule has 0 unspecified atom stereocenters. The highest BCUT2D eigenvalue weighted by Crippen LogP contribution is 2.20. The number of hydrogen-bond donors (Lipinski definition) is 0. The summed E-state index contributed by atoms with van der Waals surface area (Å²) in [7, 11) is -2.93. The zero-order chi connectivity index (χ0) is 9.90. The van der Waals surface area contributed by atoms with Crippen molar-refractivity contribution < 1.29 is 8.42 Å². The fraction of sp³-hybridized carbons (Fsp3) is 1.00. The molecule has 0 spiro atoms. The minimum atomic E-state index is -2.93. The van der Waals surface area contributed by atoms with Crippen LogP contribution in [0.5, 0.6) is 0 Å². The fourth-order valence-corrected chi connectivity index (χ4v) is 3.30. The van der Waals surface area contributed by atoms with Crippen LogP contribution < -0.4 is 0 Å². The zero-order valence-electron chi connectivity index (χ0n) is 7.87. The average molecular weight is 270 g/mol. The molecule has 0 amide bonds. The van der Waals surface area contributed by atoms with Gasteiger partial charge >= 0.3 is 0 Å². The maximum Gasteiger partial charge on any atom is 0.213 e. The van der Waals surface area contributed by atoms with Gasteiger partial charge in [-0.25, -0.2) is 12.7 Å². The van der Waals surface area contributed by atoms with E-state index < -0.39 is 10.0 Å². The molecule has 0 radical (unpaired) electrons. The standard InChI is InChI=1S/C8H16BrNO2S/c1-2-13(11,12)10-5-3-8(7-9)4-6-10/h8H,2-7H2,1H3. The Morgan fingerprint density at radius 1 is 1.38 bits per heavy atom. The van der Waals surface area contributed by atoms with Crippen molar-refractivity contribution in [2.75, 3.05) is 24.2 Å². The molecule has 1 saturated heterocycles. The van der Waals surface area contributed by atoms with Crippen LogP contribution in [0.25, 0.3) is 0 Å². The molecule has 0 atom stereocenters. The fourth-order valence-electron chi connectivity index (χ4n) is 1.52. The lowest BCUT2D eigenvalue weighted by Crippen LogP contribution is -2.39. The van der Waals surface area contributed by atoms with Gasteiger partial charge in [0.1, 0.15) is 0 Å². The summed E-state index contributed by atoms with van der Waals surface area (Å²) in [5, 5.41) is 0.993. The van der Waals surface area contributed by atoms with Gasteiger partial charge in [-0.2, -0.15) is 0 Å². The van der Waals surface area contributed by atoms with Crippen LogP contribution in [0.4, 0.5) is 0 Å². The van der Waals surface area contributed by atoms with Gasteiger partial charge in [-0.05, 0) is 25.7 Å². The Bertz CT molecular complexity index is 245. The van der Waals surface area contributed by atoms with Crippen molar-refractivity contribution in [3.63, 3.8) is 0 Å². The summed E-state index contributed by atoms with van der Waals surface area (Å²) in [6, 6.07) is 0. The molecule has 1 heterocycles. The number of piperidine rings is 1. The lowest BCUT2D eigenvalue weighted by atomic mass is 10.0. The van der Waals surface area contributed by atoms with Crippen LogP contribution >= 0.6 is 15.9 Å². The molecule has 0 aliphatic carbocycles. The van der Waals surface area contributed by atoms with Crippen molar-refractivity contribution in [3.05, 3.63) is 0 Å². The van der Waals surface area contributed by atoms with E-state index in [0.29, 0.717) is 19.0 Å². The Kier molecular flexibility index (Phi) is 4.19. The number of nitrogens with zero attached hydrogens (tertiary/aromatic N) is 1. The Labute approximate surface area is 88.7 Å². The highest BCUT2D eigenvalue weighted by Gasteiger charge is 2.25. The number of halogens is 1. The largest absolute Gasteiger partial charge is 0.213 e. The molecule has 78 valence electrons. The predicted molar refractivity (Wildman–Crippen MR) is 57.6 cm³/mol. The first-order valence-corrected chi connectivity index (χ1v) is 7.37. The summed E-state index contributed by atoms with van der Waals surface area (Å²) in [5.74, 6) is 0.884. The molecule has 0 N–H and O–H groups in total. The molecule has 0 saturated carbocycles. The molecule has 5 heteroatoms. The van der Waals surface area contributed by atoms with Gasteiger partial charge in [-0.3, -0.25) is 0 Å². The van der Waals surface area contributed by atoms with Gasteiger partial charge in [0.2, 0.25) is 10.0 Å². The Balaban J connectivity index is 2.50. The zero-order valence-corrected chi connectivity index (χ0v) is 10.3. The van der Waals surface area contributed by atoms with E-state index in [9.17, 15) is 8.42 Å². The normalized spacial score (nSPS) is 22.0. The number of rotatable bonds is 3. The molecule has 0 aromatic rings. The van der Waals surface area contributed by atoms with Crippen LogP contribution in [0.1, 0.15) is 19.8 Å². The average Bonchev–Trinajstić information content (AvgIpc) is 2.18. The summed E-state index contributed by atoms with van der Waals surface area (Å²) < 4.78 is 24.5. The summed E-state index contributed by atoms with van der Waals surface area (Å²) in [4.78, 5) is 0. The second-order valence-electron chi connectivity index (χ2n) is 3.40. The summed E-state index contributed by atoms with van der Waals surface area (Å²) in [5.41, 5.74) is 0. The molecule has 3 nitrogen and oxygen atoms in total. The van der Waals surface area contributed by atoms with E-state index in [1.54, 1.807) is 11.2 Å². The summed E-state index contributed by atoms with van der Waals surface area (Å²) in [6.07, 6.45) is 1.98.